The van der Waals surface area contributed by atoms with Gasteiger partial charge < -0.3 is 5.32 Å². The highest BCUT2D eigenvalue weighted by atomic mass is 32.2. The number of hydrogen-bond donors (Lipinski definition) is 2. The van der Waals surface area contributed by atoms with Crippen LogP contribution >= 0.6 is 0 Å². The lowest BCUT2D eigenvalue weighted by atomic mass is 10.1. The lowest BCUT2D eigenvalue weighted by Crippen LogP contribution is -2.49. The minimum absolute atomic E-state index is 0.0324. The number of sulfonamides is 1. The molecule has 0 radical (unpaired) electrons. The summed E-state index contributed by atoms with van der Waals surface area (Å²) >= 11 is 0. The molecular weight excluding hydrogens is 276 g/mol. The lowest BCUT2D eigenvalue weighted by Gasteiger charge is -2.25. The van der Waals surface area contributed by atoms with Crippen LogP contribution in [0.25, 0.3) is 0 Å². The number of hydrogen-bond acceptors (Lipinski definition) is 4. The van der Waals surface area contributed by atoms with Crippen molar-refractivity contribution in [2.24, 2.45) is 0 Å². The van der Waals surface area contributed by atoms with E-state index in [1.807, 2.05) is 30.9 Å². The van der Waals surface area contributed by atoms with E-state index in [9.17, 15) is 8.42 Å². The molecule has 0 spiro atoms. The second kappa shape index (κ2) is 5.83. The Bertz CT molecular complexity index is 541. The zero-order valence-electron chi connectivity index (χ0n) is 13.2. The largest absolute Gasteiger partial charge is 0.311 e. The van der Waals surface area contributed by atoms with E-state index in [2.05, 4.69) is 35.9 Å². The maximum atomic E-state index is 11.2. The fraction of sp³-hybridized carbons (Fsp3) is 0.769. The van der Waals surface area contributed by atoms with Crippen molar-refractivity contribution < 1.29 is 8.42 Å². The Morgan fingerprint density at radius 1 is 1.25 bits per heavy atom. The molecule has 0 aromatic carbocycles. The first-order valence-corrected chi connectivity index (χ1v) is 8.52. The summed E-state index contributed by atoms with van der Waals surface area (Å²) in [5.41, 5.74) is 0.526. The minimum atomic E-state index is -3.20. The first-order chi connectivity index (χ1) is 8.89. The monoisotopic (exact) mass is 302 g/mol. The summed E-state index contributed by atoms with van der Waals surface area (Å²) in [6, 6.07) is 0. The average Bonchev–Trinajstić information content (AvgIpc) is 2.60. The van der Waals surface area contributed by atoms with Crippen LogP contribution in [0.2, 0.25) is 0 Å². The van der Waals surface area contributed by atoms with Crippen LogP contribution in [0.5, 0.6) is 0 Å². The zero-order valence-corrected chi connectivity index (χ0v) is 14.0. The van der Waals surface area contributed by atoms with Crippen LogP contribution < -0.4 is 10.0 Å². The maximum Gasteiger partial charge on any atom is 0.209 e. The molecule has 7 heteroatoms. The van der Waals surface area contributed by atoms with Crippen molar-refractivity contribution in [1.82, 2.24) is 19.8 Å². The van der Waals surface area contributed by atoms with Gasteiger partial charge in [-0.15, -0.1) is 0 Å². The maximum absolute atomic E-state index is 11.2. The van der Waals surface area contributed by atoms with Gasteiger partial charge in [-0.25, -0.2) is 13.1 Å². The van der Waals surface area contributed by atoms with Crippen LogP contribution in [-0.2, 0) is 22.1 Å². The second-order valence-electron chi connectivity index (χ2n) is 6.83. The SMILES string of the molecule is CC(C)(CNCc1cnn(C(C)(C)C)c1)NS(C)(=O)=O. The minimum Gasteiger partial charge on any atom is -0.311 e. The molecule has 0 saturated heterocycles. The van der Waals surface area contributed by atoms with E-state index in [-0.39, 0.29) is 5.54 Å². The summed E-state index contributed by atoms with van der Waals surface area (Å²) < 4.78 is 27.0. The van der Waals surface area contributed by atoms with Crippen molar-refractivity contribution in [2.45, 2.75) is 52.2 Å². The summed E-state index contributed by atoms with van der Waals surface area (Å²) in [4.78, 5) is 0. The van der Waals surface area contributed by atoms with Gasteiger partial charge in [0.15, 0.2) is 0 Å². The lowest BCUT2D eigenvalue weighted by molar-refractivity contribution is 0.355. The summed E-state index contributed by atoms with van der Waals surface area (Å²) in [6.45, 7) is 11.2. The highest BCUT2D eigenvalue weighted by Gasteiger charge is 2.21. The molecule has 0 fully saturated rings. The third kappa shape index (κ3) is 6.02. The van der Waals surface area contributed by atoms with Crippen LogP contribution in [0.4, 0.5) is 0 Å². The highest BCUT2D eigenvalue weighted by molar-refractivity contribution is 7.88. The van der Waals surface area contributed by atoms with Crippen molar-refractivity contribution in [1.29, 1.82) is 0 Å². The fourth-order valence-electron chi connectivity index (χ4n) is 1.88. The van der Waals surface area contributed by atoms with E-state index < -0.39 is 15.6 Å². The van der Waals surface area contributed by atoms with Crippen LogP contribution in [0.1, 0.15) is 40.2 Å². The molecule has 0 bridgehead atoms. The van der Waals surface area contributed by atoms with Gasteiger partial charge in [0.1, 0.15) is 0 Å². The first-order valence-electron chi connectivity index (χ1n) is 6.63. The molecule has 1 aromatic heterocycles. The fourth-order valence-corrected chi connectivity index (χ4v) is 2.95. The van der Waals surface area contributed by atoms with Crippen LogP contribution in [0.15, 0.2) is 12.4 Å². The molecule has 20 heavy (non-hydrogen) atoms. The Kier molecular flexibility index (Phi) is 4.99. The van der Waals surface area contributed by atoms with Crippen molar-refractivity contribution in [3.8, 4) is 0 Å². The molecule has 1 heterocycles. The quantitative estimate of drug-likeness (QED) is 0.824. The molecule has 0 atom stereocenters. The van der Waals surface area contributed by atoms with E-state index in [1.54, 1.807) is 0 Å². The number of rotatable bonds is 6. The van der Waals surface area contributed by atoms with Gasteiger partial charge in [-0.3, -0.25) is 4.68 Å². The predicted octanol–water partition coefficient (Wildman–Crippen LogP) is 1.06. The van der Waals surface area contributed by atoms with Gasteiger partial charge in [-0.1, -0.05) is 0 Å². The standard InChI is InChI=1S/C13H26N4O2S/c1-12(2,3)17-9-11(8-15-17)7-14-10-13(4,5)16-20(6,18)19/h8-9,14,16H,7,10H2,1-6H3. The van der Waals surface area contributed by atoms with Crippen molar-refractivity contribution in [2.75, 3.05) is 12.8 Å². The van der Waals surface area contributed by atoms with Crippen LogP contribution in [0.3, 0.4) is 0 Å². The Morgan fingerprint density at radius 3 is 2.30 bits per heavy atom. The van der Waals surface area contributed by atoms with Gasteiger partial charge in [0.25, 0.3) is 0 Å². The smallest absolute Gasteiger partial charge is 0.209 e. The van der Waals surface area contributed by atoms with Crippen molar-refractivity contribution >= 4 is 10.0 Å². The van der Waals surface area contributed by atoms with Gasteiger partial charge in [-0.2, -0.15) is 5.10 Å². The molecule has 1 rings (SSSR count). The molecular formula is C13H26N4O2S. The number of nitrogens with zero attached hydrogens (tertiary/aromatic N) is 2. The first kappa shape index (κ1) is 17.1. The molecule has 0 aliphatic carbocycles. The van der Waals surface area contributed by atoms with Crippen molar-refractivity contribution in [3.05, 3.63) is 18.0 Å². The Morgan fingerprint density at radius 2 is 1.85 bits per heavy atom. The molecule has 6 nitrogen and oxygen atoms in total. The van der Waals surface area contributed by atoms with Gasteiger partial charge in [0, 0.05) is 30.4 Å². The van der Waals surface area contributed by atoms with Gasteiger partial charge >= 0.3 is 0 Å². The Balaban J connectivity index is 2.51. The number of nitrogens with one attached hydrogen (secondary N) is 2. The van der Waals surface area contributed by atoms with E-state index in [0.717, 1.165) is 5.56 Å². The summed E-state index contributed by atoms with van der Waals surface area (Å²) in [5.74, 6) is 0. The van der Waals surface area contributed by atoms with E-state index in [0.29, 0.717) is 13.1 Å². The summed E-state index contributed by atoms with van der Waals surface area (Å²) in [6.07, 6.45) is 5.00. The van der Waals surface area contributed by atoms with Gasteiger partial charge in [0.05, 0.1) is 18.0 Å². The molecule has 0 saturated carbocycles. The van der Waals surface area contributed by atoms with Crippen LogP contribution in [0, 0.1) is 0 Å². The topological polar surface area (TPSA) is 76.0 Å². The van der Waals surface area contributed by atoms with Gasteiger partial charge in [-0.05, 0) is 34.6 Å². The summed E-state index contributed by atoms with van der Waals surface area (Å²) in [7, 11) is -3.20. The third-order valence-electron chi connectivity index (χ3n) is 2.68. The second-order valence-corrected chi connectivity index (χ2v) is 8.57. The van der Waals surface area contributed by atoms with Gasteiger partial charge in [0.2, 0.25) is 10.0 Å². The molecule has 1 aromatic rings. The third-order valence-corrected chi connectivity index (χ3v) is 3.60. The molecule has 2 N–H and O–H groups in total. The van der Waals surface area contributed by atoms with E-state index in [4.69, 9.17) is 0 Å². The van der Waals surface area contributed by atoms with Crippen molar-refractivity contribution in [3.63, 3.8) is 0 Å². The molecule has 0 aliphatic rings. The molecule has 116 valence electrons. The van der Waals surface area contributed by atoms with E-state index in [1.165, 1.54) is 6.26 Å². The summed E-state index contributed by atoms with van der Waals surface area (Å²) in [5, 5.41) is 7.58. The molecule has 0 unspecified atom stereocenters. The molecule has 0 aliphatic heterocycles. The normalized spacial score (nSPS) is 13.7. The Hall–Kier alpha value is -0.920. The van der Waals surface area contributed by atoms with E-state index >= 15 is 0 Å². The highest BCUT2D eigenvalue weighted by Crippen LogP contribution is 2.13. The average molecular weight is 302 g/mol. The Labute approximate surface area is 122 Å². The predicted molar refractivity (Wildman–Crippen MR) is 81.0 cm³/mol. The zero-order chi connectivity index (χ0) is 15.6. The number of aromatic nitrogens is 2. The van der Waals surface area contributed by atoms with Crippen LogP contribution in [-0.4, -0.2) is 36.5 Å². The molecule has 0 amide bonds.